The summed E-state index contributed by atoms with van der Waals surface area (Å²) in [6, 6.07) is 8.34. The molecule has 0 radical (unpaired) electrons. The minimum absolute atomic E-state index is 0.0178. The Morgan fingerprint density at radius 1 is 1.33 bits per heavy atom. The Bertz CT molecular complexity index is 564. The molecule has 0 bridgehead atoms. The van der Waals surface area contributed by atoms with Gasteiger partial charge in [-0.3, -0.25) is 0 Å². The zero-order valence-corrected chi connectivity index (χ0v) is 14.1. The Morgan fingerprint density at radius 3 is 2.81 bits per heavy atom. The van der Waals surface area contributed by atoms with Crippen LogP contribution in [0.25, 0.3) is 11.0 Å². The second-order valence-electron chi connectivity index (χ2n) is 5.66. The molecule has 2 rings (SSSR count). The maximum Gasteiger partial charge on any atom is 0.126 e. The van der Waals surface area contributed by atoms with E-state index in [0.717, 1.165) is 43.0 Å². The van der Waals surface area contributed by atoms with Gasteiger partial charge in [-0.2, -0.15) is 11.8 Å². The minimum atomic E-state index is 0.0178. The molecular weight excluding hydrogens is 280 g/mol. The smallest absolute Gasteiger partial charge is 0.126 e. The fourth-order valence-electron chi connectivity index (χ4n) is 2.53. The molecule has 1 atom stereocenters. The lowest BCUT2D eigenvalue weighted by Crippen LogP contribution is -2.20. The summed E-state index contributed by atoms with van der Waals surface area (Å²) < 4.78 is 2.31. The van der Waals surface area contributed by atoms with Gasteiger partial charge in [-0.1, -0.05) is 12.1 Å². The molecule has 0 fully saturated rings. The van der Waals surface area contributed by atoms with Crippen LogP contribution in [-0.4, -0.2) is 47.1 Å². The molecule has 1 heterocycles. The van der Waals surface area contributed by atoms with E-state index in [-0.39, 0.29) is 6.04 Å². The average Bonchev–Trinajstić information content (AvgIpc) is 2.83. The fourth-order valence-corrected chi connectivity index (χ4v) is 3.02. The topological polar surface area (TPSA) is 47.1 Å². The summed E-state index contributed by atoms with van der Waals surface area (Å²) in [6.07, 6.45) is 4.19. The highest BCUT2D eigenvalue weighted by molar-refractivity contribution is 7.98. The Kier molecular flexibility index (Phi) is 6.08. The third kappa shape index (κ3) is 4.22. The summed E-state index contributed by atoms with van der Waals surface area (Å²) >= 11 is 1.84. The first-order valence-electron chi connectivity index (χ1n) is 7.48. The normalized spacial score (nSPS) is 13.2. The van der Waals surface area contributed by atoms with Gasteiger partial charge >= 0.3 is 0 Å². The van der Waals surface area contributed by atoms with Gasteiger partial charge in [0.25, 0.3) is 0 Å². The molecule has 1 aromatic carbocycles. The molecule has 1 unspecified atom stereocenters. The number of para-hydroxylation sites is 2. The number of aryl methyl sites for hydroxylation is 1. The lowest BCUT2D eigenvalue weighted by molar-refractivity contribution is 0.384. The molecule has 0 saturated carbocycles. The quantitative estimate of drug-likeness (QED) is 0.814. The van der Waals surface area contributed by atoms with E-state index in [2.05, 4.69) is 48.0 Å². The van der Waals surface area contributed by atoms with Crippen molar-refractivity contribution in [3.8, 4) is 0 Å². The van der Waals surface area contributed by atoms with Crippen LogP contribution in [-0.2, 0) is 6.54 Å². The van der Waals surface area contributed by atoms with Crippen molar-refractivity contribution < 1.29 is 0 Å². The van der Waals surface area contributed by atoms with E-state index < -0.39 is 0 Å². The lowest BCUT2D eigenvalue weighted by Gasteiger charge is -2.16. The summed E-state index contributed by atoms with van der Waals surface area (Å²) in [5.74, 6) is 2.10. The number of thioether (sulfide) groups is 1. The number of hydrogen-bond donors (Lipinski definition) is 1. The Balaban J connectivity index is 2.25. The molecule has 2 aromatic rings. The highest BCUT2D eigenvalue weighted by atomic mass is 32.2. The molecule has 116 valence electrons. The van der Waals surface area contributed by atoms with Gasteiger partial charge in [0.05, 0.1) is 17.1 Å². The zero-order chi connectivity index (χ0) is 15.2. The van der Waals surface area contributed by atoms with E-state index in [1.165, 1.54) is 5.52 Å². The van der Waals surface area contributed by atoms with Crippen LogP contribution in [0, 0.1) is 0 Å². The predicted octanol–water partition coefficient (Wildman–Crippen LogP) is 2.74. The molecule has 21 heavy (non-hydrogen) atoms. The van der Waals surface area contributed by atoms with E-state index in [4.69, 9.17) is 10.7 Å². The molecule has 0 aliphatic carbocycles. The highest BCUT2D eigenvalue weighted by Gasteiger charge is 2.16. The van der Waals surface area contributed by atoms with Gasteiger partial charge in [0.15, 0.2) is 0 Å². The minimum Gasteiger partial charge on any atom is -0.327 e. The Morgan fingerprint density at radius 2 is 2.10 bits per heavy atom. The van der Waals surface area contributed by atoms with Crippen molar-refractivity contribution in [3.63, 3.8) is 0 Å². The molecule has 5 heteroatoms. The standard InChI is InChI=1S/C16H26N4S/c1-19(2)10-6-11-20-15-8-5-4-7-14(15)18-16(20)13(17)9-12-21-3/h4-5,7-8,13H,6,9-12,17H2,1-3H3. The van der Waals surface area contributed by atoms with Crippen molar-refractivity contribution in [3.05, 3.63) is 30.1 Å². The molecule has 0 saturated heterocycles. The summed E-state index contributed by atoms with van der Waals surface area (Å²) in [5.41, 5.74) is 8.62. The fraction of sp³-hybridized carbons (Fsp3) is 0.562. The van der Waals surface area contributed by atoms with Crippen molar-refractivity contribution in [1.29, 1.82) is 0 Å². The van der Waals surface area contributed by atoms with Gasteiger partial charge < -0.3 is 15.2 Å². The molecule has 0 spiro atoms. The van der Waals surface area contributed by atoms with E-state index in [9.17, 15) is 0 Å². The number of nitrogens with zero attached hydrogens (tertiary/aromatic N) is 3. The number of nitrogens with two attached hydrogens (primary N) is 1. The van der Waals surface area contributed by atoms with Crippen molar-refractivity contribution in [2.75, 3.05) is 32.6 Å². The zero-order valence-electron chi connectivity index (χ0n) is 13.2. The van der Waals surface area contributed by atoms with Crippen LogP contribution in [0.1, 0.15) is 24.7 Å². The second-order valence-corrected chi connectivity index (χ2v) is 6.64. The SMILES string of the molecule is CSCCC(N)c1nc2ccccc2n1CCCN(C)C. The molecule has 2 N–H and O–H groups in total. The summed E-state index contributed by atoms with van der Waals surface area (Å²) in [7, 11) is 4.22. The van der Waals surface area contributed by atoms with Gasteiger partial charge in [0.1, 0.15) is 5.82 Å². The van der Waals surface area contributed by atoms with E-state index in [1.54, 1.807) is 0 Å². The van der Waals surface area contributed by atoms with Crippen molar-refractivity contribution in [1.82, 2.24) is 14.5 Å². The van der Waals surface area contributed by atoms with Crippen LogP contribution < -0.4 is 5.73 Å². The van der Waals surface area contributed by atoms with Gasteiger partial charge in [0.2, 0.25) is 0 Å². The lowest BCUT2D eigenvalue weighted by atomic mass is 10.2. The summed E-state index contributed by atoms with van der Waals surface area (Å²) in [5, 5.41) is 0. The molecular formula is C16H26N4S. The molecule has 4 nitrogen and oxygen atoms in total. The van der Waals surface area contributed by atoms with Crippen LogP contribution >= 0.6 is 11.8 Å². The first-order valence-corrected chi connectivity index (χ1v) is 8.87. The molecule has 1 aromatic heterocycles. The average molecular weight is 306 g/mol. The van der Waals surface area contributed by atoms with Crippen LogP contribution in [0.5, 0.6) is 0 Å². The van der Waals surface area contributed by atoms with E-state index >= 15 is 0 Å². The van der Waals surface area contributed by atoms with Crippen molar-refractivity contribution in [2.45, 2.75) is 25.4 Å². The molecule has 0 aliphatic rings. The number of hydrogen-bond acceptors (Lipinski definition) is 4. The van der Waals surface area contributed by atoms with Gasteiger partial charge in [-0.25, -0.2) is 4.98 Å². The first-order chi connectivity index (χ1) is 10.1. The molecule has 0 amide bonds. The van der Waals surface area contributed by atoms with Crippen molar-refractivity contribution in [2.24, 2.45) is 5.73 Å². The van der Waals surface area contributed by atoms with E-state index in [1.807, 2.05) is 17.8 Å². The number of rotatable bonds is 8. The van der Waals surface area contributed by atoms with Crippen LogP contribution in [0.3, 0.4) is 0 Å². The Hall–Kier alpha value is -1.04. The Labute approximate surface area is 131 Å². The van der Waals surface area contributed by atoms with Crippen LogP contribution in [0.4, 0.5) is 0 Å². The van der Waals surface area contributed by atoms with Gasteiger partial charge in [-0.05, 0) is 57.6 Å². The maximum absolute atomic E-state index is 6.37. The van der Waals surface area contributed by atoms with Crippen molar-refractivity contribution >= 4 is 22.8 Å². The van der Waals surface area contributed by atoms with Crippen LogP contribution in [0.2, 0.25) is 0 Å². The third-order valence-corrected chi connectivity index (χ3v) is 4.28. The summed E-state index contributed by atoms with van der Waals surface area (Å²) in [6.45, 7) is 2.05. The maximum atomic E-state index is 6.37. The van der Waals surface area contributed by atoms with Crippen LogP contribution in [0.15, 0.2) is 24.3 Å². The van der Waals surface area contributed by atoms with Gasteiger partial charge in [0, 0.05) is 6.54 Å². The first kappa shape index (κ1) is 16.3. The predicted molar refractivity (Wildman–Crippen MR) is 92.8 cm³/mol. The number of aromatic nitrogens is 2. The number of benzene rings is 1. The second kappa shape index (κ2) is 7.82. The monoisotopic (exact) mass is 306 g/mol. The summed E-state index contributed by atoms with van der Waals surface area (Å²) in [4.78, 5) is 6.99. The number of imidazole rings is 1. The molecule has 0 aliphatic heterocycles. The van der Waals surface area contributed by atoms with Gasteiger partial charge in [-0.15, -0.1) is 0 Å². The van der Waals surface area contributed by atoms with E-state index in [0.29, 0.717) is 0 Å². The largest absolute Gasteiger partial charge is 0.327 e. The third-order valence-electron chi connectivity index (χ3n) is 3.64. The number of fused-ring (bicyclic) bond motifs is 1. The highest BCUT2D eigenvalue weighted by Crippen LogP contribution is 2.22.